The molecule has 0 bridgehead atoms. The quantitative estimate of drug-likeness (QED) is 0.855. The summed E-state index contributed by atoms with van der Waals surface area (Å²) in [7, 11) is 0. The highest BCUT2D eigenvalue weighted by molar-refractivity contribution is 14.1. The second-order valence-corrected chi connectivity index (χ2v) is 5.53. The Labute approximate surface area is 114 Å². The van der Waals surface area contributed by atoms with Crippen molar-refractivity contribution in [1.29, 1.82) is 0 Å². The fourth-order valence-electron chi connectivity index (χ4n) is 2.00. The minimum Gasteiger partial charge on any atom is -0.346 e. The Kier molecular flexibility index (Phi) is 4.15. The number of rotatable bonds is 3. The van der Waals surface area contributed by atoms with Gasteiger partial charge in [0.1, 0.15) is 0 Å². The summed E-state index contributed by atoms with van der Waals surface area (Å²) in [6.07, 6.45) is 2.64. The van der Waals surface area contributed by atoms with Crippen molar-refractivity contribution in [2.45, 2.75) is 31.7 Å². The monoisotopic (exact) mass is 343 g/mol. The number of carbonyl (C=O) groups is 2. The molecule has 1 aliphatic rings. The Hall–Kier alpha value is -0.910. The lowest BCUT2D eigenvalue weighted by molar-refractivity contribution is -0.126. The van der Waals surface area contributed by atoms with Gasteiger partial charge in [-0.2, -0.15) is 0 Å². The predicted molar refractivity (Wildman–Crippen MR) is 73.7 cm³/mol. The number of hydrogen-bond acceptors (Lipinski definition) is 2. The average Bonchev–Trinajstić information content (AvgIpc) is 2.68. The molecule has 0 saturated heterocycles. The van der Waals surface area contributed by atoms with E-state index in [2.05, 4.69) is 27.9 Å². The van der Waals surface area contributed by atoms with Crippen LogP contribution < -0.4 is 5.32 Å². The van der Waals surface area contributed by atoms with Gasteiger partial charge in [-0.25, -0.2) is 0 Å². The fraction of sp³-hybridized carbons (Fsp3) is 0.385. The van der Waals surface area contributed by atoms with E-state index in [9.17, 15) is 9.59 Å². The minimum absolute atomic E-state index is 0.0635. The van der Waals surface area contributed by atoms with Crippen LogP contribution in [-0.4, -0.2) is 17.7 Å². The summed E-state index contributed by atoms with van der Waals surface area (Å²) in [4.78, 5) is 23.1. The van der Waals surface area contributed by atoms with Gasteiger partial charge in [-0.15, -0.1) is 0 Å². The van der Waals surface area contributed by atoms with Crippen molar-refractivity contribution in [3.05, 3.63) is 33.4 Å². The molecule has 1 aromatic carbocycles. The molecule has 0 heterocycles. The molecule has 1 N–H and O–H groups in total. The maximum Gasteiger partial charge on any atom is 0.224 e. The van der Waals surface area contributed by atoms with E-state index in [1.54, 1.807) is 0 Å². The number of ketones is 1. The zero-order valence-electron chi connectivity index (χ0n) is 9.41. The predicted octanol–water partition coefficient (Wildman–Crippen LogP) is 2.07. The number of halogens is 1. The van der Waals surface area contributed by atoms with Crippen LogP contribution in [0.15, 0.2) is 24.3 Å². The number of benzene rings is 1. The average molecular weight is 343 g/mol. The third kappa shape index (κ3) is 3.52. The summed E-state index contributed by atoms with van der Waals surface area (Å²) in [6.45, 7) is 0. The van der Waals surface area contributed by atoms with Gasteiger partial charge in [0.25, 0.3) is 0 Å². The van der Waals surface area contributed by atoms with Gasteiger partial charge in [0.15, 0.2) is 5.78 Å². The summed E-state index contributed by atoms with van der Waals surface area (Å²) in [5.41, 5.74) is 0.980. The molecule has 1 aromatic rings. The molecule has 1 fully saturated rings. The van der Waals surface area contributed by atoms with E-state index in [0.29, 0.717) is 12.8 Å². The van der Waals surface area contributed by atoms with Crippen LogP contribution in [0.25, 0.3) is 0 Å². The topological polar surface area (TPSA) is 46.2 Å². The summed E-state index contributed by atoms with van der Waals surface area (Å²) in [6, 6.07) is 7.59. The second-order valence-electron chi connectivity index (χ2n) is 4.28. The zero-order valence-corrected chi connectivity index (χ0v) is 11.6. The van der Waals surface area contributed by atoms with E-state index < -0.39 is 0 Å². The van der Waals surface area contributed by atoms with Crippen LogP contribution in [-0.2, 0) is 16.0 Å². The van der Waals surface area contributed by atoms with E-state index in [0.717, 1.165) is 22.0 Å². The molecule has 0 spiro atoms. The van der Waals surface area contributed by atoms with Crippen molar-refractivity contribution >= 4 is 34.3 Å². The van der Waals surface area contributed by atoms with Crippen LogP contribution in [0.1, 0.15) is 24.8 Å². The molecule has 90 valence electrons. The number of amides is 1. The van der Waals surface area contributed by atoms with Gasteiger partial charge in [-0.1, -0.05) is 12.1 Å². The highest BCUT2D eigenvalue weighted by atomic mass is 127. The summed E-state index contributed by atoms with van der Waals surface area (Å²) in [5, 5.41) is 2.80. The van der Waals surface area contributed by atoms with Crippen LogP contribution in [0.5, 0.6) is 0 Å². The van der Waals surface area contributed by atoms with Crippen LogP contribution in [0, 0.1) is 3.57 Å². The first-order valence-corrected chi connectivity index (χ1v) is 6.79. The van der Waals surface area contributed by atoms with Crippen LogP contribution >= 0.6 is 22.6 Å². The maximum atomic E-state index is 11.7. The van der Waals surface area contributed by atoms with Crippen LogP contribution in [0.2, 0.25) is 0 Å². The lowest BCUT2D eigenvalue weighted by Crippen LogP contribution is -2.38. The van der Waals surface area contributed by atoms with Crippen molar-refractivity contribution < 1.29 is 9.59 Å². The second kappa shape index (κ2) is 5.62. The van der Waals surface area contributed by atoms with Crippen molar-refractivity contribution in [3.63, 3.8) is 0 Å². The van der Waals surface area contributed by atoms with E-state index in [4.69, 9.17) is 0 Å². The molecule has 0 aliphatic heterocycles. The molecule has 0 aromatic heterocycles. The van der Waals surface area contributed by atoms with Crippen molar-refractivity contribution in [2.75, 3.05) is 0 Å². The minimum atomic E-state index is -0.244. The first-order chi connectivity index (χ1) is 8.15. The molecule has 17 heavy (non-hydrogen) atoms. The molecule has 2 rings (SSSR count). The van der Waals surface area contributed by atoms with Gasteiger partial charge in [0.05, 0.1) is 12.5 Å². The molecule has 1 aliphatic carbocycles. The lowest BCUT2D eigenvalue weighted by atomic mass is 10.1. The number of Topliss-reactive ketones (excluding diaryl/α,β-unsaturated/α-hetero) is 1. The van der Waals surface area contributed by atoms with E-state index in [-0.39, 0.29) is 17.7 Å². The summed E-state index contributed by atoms with van der Waals surface area (Å²) < 4.78 is 1.15. The molecule has 0 unspecified atom stereocenters. The van der Waals surface area contributed by atoms with Crippen molar-refractivity contribution in [1.82, 2.24) is 5.32 Å². The Morgan fingerprint density at radius 3 is 2.65 bits per heavy atom. The molecular weight excluding hydrogens is 329 g/mol. The third-order valence-electron chi connectivity index (χ3n) is 2.92. The van der Waals surface area contributed by atoms with E-state index >= 15 is 0 Å². The Morgan fingerprint density at radius 2 is 2.06 bits per heavy atom. The molecule has 1 atom stereocenters. The first-order valence-electron chi connectivity index (χ1n) is 5.71. The molecule has 0 radical (unpaired) electrons. The maximum absolute atomic E-state index is 11.7. The fourth-order valence-corrected chi connectivity index (χ4v) is 2.36. The standard InChI is InChI=1S/C13H14INO2/c14-10-6-4-9(5-7-10)8-13(17)15-11-2-1-3-12(11)16/h4-7,11H,1-3,8H2,(H,15,17)/t11-/m0/s1. The van der Waals surface area contributed by atoms with Gasteiger partial charge in [-0.05, 0) is 53.1 Å². The first kappa shape index (κ1) is 12.5. The largest absolute Gasteiger partial charge is 0.346 e. The Bertz CT molecular complexity index is 428. The van der Waals surface area contributed by atoms with Gasteiger partial charge >= 0.3 is 0 Å². The Morgan fingerprint density at radius 1 is 1.35 bits per heavy atom. The van der Waals surface area contributed by atoms with E-state index in [1.807, 2.05) is 24.3 Å². The number of hydrogen-bond donors (Lipinski definition) is 1. The van der Waals surface area contributed by atoms with Crippen molar-refractivity contribution in [2.24, 2.45) is 0 Å². The normalized spacial score (nSPS) is 19.4. The number of carbonyl (C=O) groups excluding carboxylic acids is 2. The summed E-state index contributed by atoms with van der Waals surface area (Å²) in [5.74, 6) is 0.104. The van der Waals surface area contributed by atoms with Gasteiger partial charge in [0.2, 0.25) is 5.91 Å². The highest BCUT2D eigenvalue weighted by Gasteiger charge is 2.25. The third-order valence-corrected chi connectivity index (χ3v) is 3.64. The van der Waals surface area contributed by atoms with Crippen LogP contribution in [0.4, 0.5) is 0 Å². The van der Waals surface area contributed by atoms with Crippen LogP contribution in [0.3, 0.4) is 0 Å². The zero-order chi connectivity index (χ0) is 12.3. The molecule has 4 heteroatoms. The molecule has 3 nitrogen and oxygen atoms in total. The van der Waals surface area contributed by atoms with Gasteiger partial charge in [0, 0.05) is 9.99 Å². The van der Waals surface area contributed by atoms with Crippen molar-refractivity contribution in [3.8, 4) is 0 Å². The van der Waals surface area contributed by atoms with E-state index in [1.165, 1.54) is 0 Å². The van der Waals surface area contributed by atoms with Gasteiger partial charge < -0.3 is 5.32 Å². The summed E-state index contributed by atoms with van der Waals surface area (Å²) >= 11 is 2.23. The lowest BCUT2D eigenvalue weighted by Gasteiger charge is -2.10. The SMILES string of the molecule is O=C(Cc1ccc(I)cc1)N[C@H]1CCCC1=O. The molecule has 1 amide bonds. The Balaban J connectivity index is 1.88. The smallest absolute Gasteiger partial charge is 0.224 e. The molecule has 1 saturated carbocycles. The van der Waals surface area contributed by atoms with Gasteiger partial charge in [-0.3, -0.25) is 9.59 Å². The highest BCUT2D eigenvalue weighted by Crippen LogP contribution is 2.14. The molecular formula is C13H14INO2. The number of nitrogens with one attached hydrogen (secondary N) is 1.